The van der Waals surface area contributed by atoms with Crippen LogP contribution in [-0.4, -0.2) is 78.1 Å². The van der Waals surface area contributed by atoms with Crippen LogP contribution in [0.4, 0.5) is 17.3 Å². The Morgan fingerprint density at radius 1 is 1.13 bits per heavy atom. The molecule has 11 nitrogen and oxygen atoms in total. The van der Waals surface area contributed by atoms with Crippen molar-refractivity contribution in [3.05, 3.63) is 48.9 Å². The maximum atomic E-state index is 11.9. The van der Waals surface area contributed by atoms with Gasteiger partial charge >= 0.3 is 0 Å². The molecule has 1 unspecified atom stereocenters. The minimum absolute atomic E-state index is 0.125. The first-order valence-corrected chi connectivity index (χ1v) is 14.6. The molecule has 12 heteroatoms. The first kappa shape index (κ1) is 26.1. The number of nitrogens with one attached hydrogen (secondary N) is 1. The second-order valence-electron chi connectivity index (χ2n) is 9.67. The van der Waals surface area contributed by atoms with E-state index >= 15 is 0 Å². The number of hydrogen-bond acceptors (Lipinski definition) is 9. The maximum absolute atomic E-state index is 11.9. The van der Waals surface area contributed by atoms with E-state index in [2.05, 4.69) is 43.5 Å². The van der Waals surface area contributed by atoms with Gasteiger partial charge in [0.05, 0.1) is 49.9 Å². The SMILES string of the molecule is CS(=O)(=O)N1CCC(C(CC#N)n2cc(-c3ccnc(Nc4ccc(N5CCOCC5)cc4)n3)cn2)CC1. The van der Waals surface area contributed by atoms with Crippen molar-refractivity contribution in [2.24, 2.45) is 5.92 Å². The topological polar surface area (TPSA) is 129 Å². The molecule has 2 saturated heterocycles. The summed E-state index contributed by atoms with van der Waals surface area (Å²) in [6.07, 6.45) is 8.30. The Hall–Kier alpha value is -3.53. The lowest BCUT2D eigenvalue weighted by Gasteiger charge is -2.34. The van der Waals surface area contributed by atoms with Crippen LogP contribution in [0.3, 0.4) is 0 Å². The molecule has 4 heterocycles. The highest BCUT2D eigenvalue weighted by Crippen LogP contribution is 2.32. The largest absolute Gasteiger partial charge is 0.378 e. The molecule has 3 aromatic rings. The van der Waals surface area contributed by atoms with Crippen LogP contribution in [0.15, 0.2) is 48.9 Å². The Morgan fingerprint density at radius 2 is 1.87 bits per heavy atom. The van der Waals surface area contributed by atoms with E-state index in [1.807, 2.05) is 29.1 Å². The highest BCUT2D eigenvalue weighted by Gasteiger charge is 2.31. The van der Waals surface area contributed by atoms with E-state index in [4.69, 9.17) is 4.74 Å². The second-order valence-corrected chi connectivity index (χ2v) is 11.7. The van der Waals surface area contributed by atoms with E-state index in [0.29, 0.717) is 38.3 Å². The number of anilines is 3. The van der Waals surface area contributed by atoms with E-state index in [9.17, 15) is 13.7 Å². The molecule has 2 aliphatic rings. The van der Waals surface area contributed by atoms with Crippen molar-refractivity contribution in [3.63, 3.8) is 0 Å². The Bertz CT molecular complexity index is 1370. The first-order chi connectivity index (χ1) is 18.4. The van der Waals surface area contributed by atoms with Gasteiger partial charge in [-0.15, -0.1) is 0 Å². The summed E-state index contributed by atoms with van der Waals surface area (Å²) in [4.78, 5) is 11.4. The minimum Gasteiger partial charge on any atom is -0.378 e. The molecule has 0 aliphatic carbocycles. The van der Waals surface area contributed by atoms with Gasteiger partial charge in [0.2, 0.25) is 16.0 Å². The Kier molecular flexibility index (Phi) is 7.87. The molecular formula is C26H32N8O3S. The van der Waals surface area contributed by atoms with Gasteiger partial charge in [-0.05, 0) is 49.1 Å². The van der Waals surface area contributed by atoms with Gasteiger partial charge in [0, 0.05) is 55.5 Å². The van der Waals surface area contributed by atoms with Crippen molar-refractivity contribution >= 4 is 27.3 Å². The van der Waals surface area contributed by atoms with E-state index in [-0.39, 0.29) is 12.0 Å². The summed E-state index contributed by atoms with van der Waals surface area (Å²) < 4.78 is 32.5. The maximum Gasteiger partial charge on any atom is 0.227 e. The van der Waals surface area contributed by atoms with Crippen LogP contribution < -0.4 is 10.2 Å². The van der Waals surface area contributed by atoms with Crippen LogP contribution >= 0.6 is 0 Å². The third-order valence-electron chi connectivity index (χ3n) is 7.20. The van der Waals surface area contributed by atoms with Crippen molar-refractivity contribution in [2.45, 2.75) is 25.3 Å². The average molecular weight is 537 g/mol. The highest BCUT2D eigenvalue weighted by atomic mass is 32.2. The fourth-order valence-corrected chi connectivity index (χ4v) is 5.97. The summed E-state index contributed by atoms with van der Waals surface area (Å²) in [5.41, 5.74) is 3.61. The minimum atomic E-state index is -3.20. The van der Waals surface area contributed by atoms with Crippen molar-refractivity contribution in [1.29, 1.82) is 5.26 Å². The smallest absolute Gasteiger partial charge is 0.227 e. The van der Waals surface area contributed by atoms with Gasteiger partial charge in [-0.3, -0.25) is 4.68 Å². The lowest BCUT2D eigenvalue weighted by Crippen LogP contribution is -2.39. The molecule has 2 fully saturated rings. The molecule has 0 saturated carbocycles. The normalized spacial score (nSPS) is 18.2. The molecule has 38 heavy (non-hydrogen) atoms. The van der Waals surface area contributed by atoms with Crippen LogP contribution in [0.25, 0.3) is 11.3 Å². The van der Waals surface area contributed by atoms with E-state index in [1.165, 1.54) is 10.6 Å². The van der Waals surface area contributed by atoms with E-state index < -0.39 is 10.0 Å². The molecule has 0 spiro atoms. The summed E-state index contributed by atoms with van der Waals surface area (Å²) >= 11 is 0. The second kappa shape index (κ2) is 11.5. The van der Waals surface area contributed by atoms with Crippen molar-refractivity contribution in [1.82, 2.24) is 24.1 Å². The van der Waals surface area contributed by atoms with Gasteiger partial charge < -0.3 is 15.0 Å². The van der Waals surface area contributed by atoms with Gasteiger partial charge in [0.1, 0.15) is 0 Å². The standard InChI is InChI=1S/C26H32N8O3S/c1-38(35,36)33-12-8-20(9-13-33)25(6-10-27)34-19-21(18-29-34)24-7-11-28-26(31-24)30-22-2-4-23(5-3-22)32-14-16-37-17-15-32/h2-5,7,11,18-20,25H,6,8-9,12-17H2,1H3,(H,28,30,31). The van der Waals surface area contributed by atoms with Crippen molar-refractivity contribution < 1.29 is 13.2 Å². The lowest BCUT2D eigenvalue weighted by molar-refractivity contribution is 0.122. The molecule has 1 N–H and O–H groups in total. The number of nitrogens with zero attached hydrogens (tertiary/aromatic N) is 7. The Morgan fingerprint density at radius 3 is 2.55 bits per heavy atom. The Balaban J connectivity index is 1.26. The van der Waals surface area contributed by atoms with Crippen molar-refractivity contribution in [2.75, 3.05) is 55.9 Å². The zero-order valence-electron chi connectivity index (χ0n) is 21.4. The van der Waals surface area contributed by atoms with E-state index in [1.54, 1.807) is 12.4 Å². The fourth-order valence-electron chi connectivity index (χ4n) is 5.10. The zero-order valence-corrected chi connectivity index (χ0v) is 22.2. The summed E-state index contributed by atoms with van der Waals surface area (Å²) in [5, 5.41) is 17.3. The number of ether oxygens (including phenoxy) is 1. The van der Waals surface area contributed by atoms with Crippen LogP contribution in [0.2, 0.25) is 0 Å². The zero-order chi connectivity index (χ0) is 26.5. The number of rotatable bonds is 8. The number of benzene rings is 1. The summed E-state index contributed by atoms with van der Waals surface area (Å²) in [7, 11) is -3.20. The molecule has 0 bridgehead atoms. The van der Waals surface area contributed by atoms with Gasteiger partial charge in [-0.25, -0.2) is 22.7 Å². The van der Waals surface area contributed by atoms with Gasteiger partial charge in [0.25, 0.3) is 0 Å². The molecule has 5 rings (SSSR count). The number of nitriles is 1. The average Bonchev–Trinajstić information content (AvgIpc) is 3.43. The van der Waals surface area contributed by atoms with Crippen LogP contribution in [0.5, 0.6) is 0 Å². The predicted octanol–water partition coefficient (Wildman–Crippen LogP) is 3.05. The number of aromatic nitrogens is 4. The first-order valence-electron chi connectivity index (χ1n) is 12.8. The monoisotopic (exact) mass is 536 g/mol. The molecule has 200 valence electrons. The highest BCUT2D eigenvalue weighted by molar-refractivity contribution is 7.88. The summed E-state index contributed by atoms with van der Waals surface area (Å²) in [6, 6.07) is 12.2. The number of morpholine rings is 1. The van der Waals surface area contributed by atoms with Gasteiger partial charge in [0.15, 0.2) is 0 Å². The number of hydrogen-bond donors (Lipinski definition) is 1. The Labute approximate surface area is 223 Å². The predicted molar refractivity (Wildman–Crippen MR) is 144 cm³/mol. The molecule has 1 atom stereocenters. The van der Waals surface area contributed by atoms with Gasteiger partial charge in [-0.1, -0.05) is 0 Å². The molecule has 2 aromatic heterocycles. The number of piperidine rings is 1. The van der Waals surface area contributed by atoms with Crippen LogP contribution in [-0.2, 0) is 14.8 Å². The third-order valence-corrected chi connectivity index (χ3v) is 8.51. The molecule has 0 amide bonds. The summed E-state index contributed by atoms with van der Waals surface area (Å²) in [6.45, 7) is 4.21. The fraction of sp³-hybridized carbons (Fsp3) is 0.462. The van der Waals surface area contributed by atoms with Crippen LogP contribution in [0.1, 0.15) is 25.3 Å². The van der Waals surface area contributed by atoms with Crippen LogP contribution in [0, 0.1) is 17.2 Å². The van der Waals surface area contributed by atoms with Gasteiger partial charge in [-0.2, -0.15) is 10.4 Å². The van der Waals surface area contributed by atoms with Crippen molar-refractivity contribution in [3.8, 4) is 17.3 Å². The molecular weight excluding hydrogens is 504 g/mol. The molecule has 1 aromatic carbocycles. The van der Waals surface area contributed by atoms with E-state index in [0.717, 1.165) is 48.9 Å². The third kappa shape index (κ3) is 6.12. The molecule has 0 radical (unpaired) electrons. The number of sulfonamides is 1. The summed E-state index contributed by atoms with van der Waals surface area (Å²) in [5.74, 6) is 0.652. The quantitative estimate of drug-likeness (QED) is 0.462. The lowest BCUT2D eigenvalue weighted by atomic mass is 9.88. The molecule has 2 aliphatic heterocycles.